The molecule has 3 aromatic rings. The van der Waals surface area contributed by atoms with Crippen molar-refractivity contribution in [3.63, 3.8) is 0 Å². The fourth-order valence-electron chi connectivity index (χ4n) is 2.71. The lowest BCUT2D eigenvalue weighted by Gasteiger charge is -2.13. The Morgan fingerprint density at radius 1 is 1.14 bits per heavy atom. The van der Waals surface area contributed by atoms with Crippen molar-refractivity contribution in [3.05, 3.63) is 63.6 Å². The quantitative estimate of drug-likeness (QED) is 0.705. The second-order valence-electron chi connectivity index (χ2n) is 5.24. The lowest BCUT2D eigenvalue weighted by molar-refractivity contribution is 0.0698. The first-order valence-electron chi connectivity index (χ1n) is 6.88. The van der Waals surface area contributed by atoms with Gasteiger partial charge in [-0.05, 0) is 43.2 Å². The van der Waals surface area contributed by atoms with Gasteiger partial charge in [0.1, 0.15) is 0 Å². The van der Waals surface area contributed by atoms with Crippen LogP contribution in [0.1, 0.15) is 21.5 Å². The van der Waals surface area contributed by atoms with E-state index in [2.05, 4.69) is 15.9 Å². The fourth-order valence-corrected chi connectivity index (χ4v) is 3.07. The van der Waals surface area contributed by atoms with Crippen LogP contribution >= 0.6 is 15.9 Å². The number of aryl methyl sites for hydroxylation is 1. The van der Waals surface area contributed by atoms with E-state index in [4.69, 9.17) is 4.98 Å². The van der Waals surface area contributed by atoms with Gasteiger partial charge in [-0.1, -0.05) is 40.2 Å². The molecule has 0 fully saturated rings. The molecule has 0 aliphatic heterocycles. The summed E-state index contributed by atoms with van der Waals surface area (Å²) in [6.07, 6.45) is 0. The molecule has 0 spiro atoms. The molecule has 0 saturated carbocycles. The number of pyridine rings is 1. The van der Waals surface area contributed by atoms with E-state index in [-0.39, 0.29) is 0 Å². The number of carbonyl (C=O) groups is 1. The molecule has 0 atom stereocenters. The lowest BCUT2D eigenvalue weighted by atomic mass is 9.96. The van der Waals surface area contributed by atoms with Gasteiger partial charge in [-0.3, -0.25) is 0 Å². The van der Waals surface area contributed by atoms with Gasteiger partial charge in [0, 0.05) is 15.4 Å². The molecule has 0 amide bonds. The minimum Gasteiger partial charge on any atom is -0.478 e. The Labute approximate surface area is 136 Å². The van der Waals surface area contributed by atoms with Gasteiger partial charge in [-0.15, -0.1) is 0 Å². The predicted octanol–water partition coefficient (Wildman–Crippen LogP) is 4.98. The number of hydrogen-bond acceptors (Lipinski definition) is 2. The Morgan fingerprint density at radius 3 is 2.55 bits per heavy atom. The molecule has 1 N–H and O–H groups in total. The van der Waals surface area contributed by atoms with Crippen molar-refractivity contribution in [1.29, 1.82) is 0 Å². The average Bonchev–Trinajstić information content (AvgIpc) is 2.47. The van der Waals surface area contributed by atoms with Crippen LogP contribution in [0.3, 0.4) is 0 Å². The summed E-state index contributed by atoms with van der Waals surface area (Å²) in [7, 11) is 0. The van der Waals surface area contributed by atoms with Crippen LogP contribution in [0.15, 0.2) is 46.9 Å². The van der Waals surface area contributed by atoms with Gasteiger partial charge >= 0.3 is 5.97 Å². The van der Waals surface area contributed by atoms with Gasteiger partial charge < -0.3 is 5.11 Å². The van der Waals surface area contributed by atoms with Gasteiger partial charge in [-0.2, -0.15) is 0 Å². The molecule has 4 heteroatoms. The molecule has 3 rings (SSSR count). The molecule has 2 aromatic carbocycles. The zero-order valence-electron chi connectivity index (χ0n) is 12.2. The molecule has 0 bridgehead atoms. The number of hydrogen-bond donors (Lipinski definition) is 1. The summed E-state index contributed by atoms with van der Waals surface area (Å²) in [4.78, 5) is 16.5. The van der Waals surface area contributed by atoms with Crippen LogP contribution in [0.5, 0.6) is 0 Å². The van der Waals surface area contributed by atoms with Crippen LogP contribution in [0, 0.1) is 13.8 Å². The van der Waals surface area contributed by atoms with E-state index in [1.54, 1.807) is 6.07 Å². The third-order valence-electron chi connectivity index (χ3n) is 3.80. The molecular weight excluding hydrogens is 342 g/mol. The van der Waals surface area contributed by atoms with E-state index >= 15 is 0 Å². The van der Waals surface area contributed by atoms with Crippen molar-refractivity contribution in [2.45, 2.75) is 13.8 Å². The number of benzene rings is 2. The van der Waals surface area contributed by atoms with Crippen molar-refractivity contribution >= 4 is 32.8 Å². The maximum Gasteiger partial charge on any atom is 0.336 e. The Kier molecular flexibility index (Phi) is 3.71. The molecule has 3 nitrogen and oxygen atoms in total. The van der Waals surface area contributed by atoms with E-state index < -0.39 is 5.97 Å². The third kappa shape index (κ3) is 2.40. The van der Waals surface area contributed by atoms with E-state index in [0.29, 0.717) is 22.0 Å². The molecule has 1 aromatic heterocycles. The summed E-state index contributed by atoms with van der Waals surface area (Å²) in [5.41, 5.74) is 4.45. The Morgan fingerprint density at radius 2 is 1.86 bits per heavy atom. The molecule has 0 aliphatic rings. The van der Waals surface area contributed by atoms with Crippen molar-refractivity contribution in [1.82, 2.24) is 4.98 Å². The summed E-state index contributed by atoms with van der Waals surface area (Å²) in [6.45, 7) is 3.82. The molecule has 0 radical (unpaired) electrons. The maximum absolute atomic E-state index is 11.8. The minimum absolute atomic E-state index is 0.310. The van der Waals surface area contributed by atoms with Gasteiger partial charge in [0.15, 0.2) is 0 Å². The van der Waals surface area contributed by atoms with Crippen LogP contribution in [0.2, 0.25) is 0 Å². The van der Waals surface area contributed by atoms with Crippen molar-refractivity contribution in [2.75, 3.05) is 0 Å². The van der Waals surface area contributed by atoms with Crippen LogP contribution in [-0.2, 0) is 0 Å². The van der Waals surface area contributed by atoms with Gasteiger partial charge in [0.25, 0.3) is 0 Å². The number of nitrogens with zero attached hydrogens (tertiary/aromatic N) is 1. The van der Waals surface area contributed by atoms with Crippen LogP contribution in [0.4, 0.5) is 0 Å². The molecule has 0 saturated heterocycles. The maximum atomic E-state index is 11.8. The van der Waals surface area contributed by atoms with Crippen LogP contribution in [0.25, 0.3) is 22.2 Å². The van der Waals surface area contributed by atoms with Gasteiger partial charge in [0.2, 0.25) is 0 Å². The average molecular weight is 356 g/mol. The first-order chi connectivity index (χ1) is 10.5. The fraction of sp³-hybridized carbons (Fsp3) is 0.111. The SMILES string of the molecule is Cc1ccccc1-c1nc2ccc(Br)cc2c(C(=O)O)c1C. The summed E-state index contributed by atoms with van der Waals surface area (Å²) in [5.74, 6) is -0.933. The second kappa shape index (κ2) is 5.54. The Hall–Kier alpha value is -2.20. The second-order valence-corrected chi connectivity index (χ2v) is 6.16. The van der Waals surface area contributed by atoms with E-state index in [1.165, 1.54) is 0 Å². The van der Waals surface area contributed by atoms with Crippen LogP contribution < -0.4 is 0 Å². The van der Waals surface area contributed by atoms with Crippen LogP contribution in [-0.4, -0.2) is 16.1 Å². The highest BCUT2D eigenvalue weighted by Gasteiger charge is 2.19. The topological polar surface area (TPSA) is 50.2 Å². The number of carboxylic acids is 1. The van der Waals surface area contributed by atoms with E-state index in [1.807, 2.05) is 50.2 Å². The molecule has 0 aliphatic carbocycles. The number of halogens is 1. The highest BCUT2D eigenvalue weighted by molar-refractivity contribution is 9.10. The summed E-state index contributed by atoms with van der Waals surface area (Å²) in [5, 5.41) is 10.3. The molecule has 0 unspecified atom stereocenters. The van der Waals surface area contributed by atoms with E-state index in [9.17, 15) is 9.90 Å². The van der Waals surface area contributed by atoms with Gasteiger partial charge in [-0.25, -0.2) is 9.78 Å². The highest BCUT2D eigenvalue weighted by atomic mass is 79.9. The van der Waals surface area contributed by atoms with Crippen molar-refractivity contribution in [3.8, 4) is 11.3 Å². The zero-order valence-corrected chi connectivity index (χ0v) is 13.8. The number of fused-ring (bicyclic) bond motifs is 1. The molecule has 110 valence electrons. The molecular formula is C18H14BrNO2. The standard InChI is InChI=1S/C18H14BrNO2/c1-10-5-3-4-6-13(10)17-11(2)16(18(21)22)14-9-12(19)7-8-15(14)20-17/h3-9H,1-2H3,(H,21,22). The monoisotopic (exact) mass is 355 g/mol. The van der Waals surface area contributed by atoms with Gasteiger partial charge in [0.05, 0.1) is 16.8 Å². The third-order valence-corrected chi connectivity index (χ3v) is 4.30. The summed E-state index contributed by atoms with van der Waals surface area (Å²) in [6, 6.07) is 13.4. The number of carboxylic acid groups (broad SMARTS) is 1. The lowest BCUT2D eigenvalue weighted by Crippen LogP contribution is -2.05. The minimum atomic E-state index is -0.933. The number of aromatic carboxylic acids is 1. The summed E-state index contributed by atoms with van der Waals surface area (Å²) < 4.78 is 0.840. The largest absolute Gasteiger partial charge is 0.478 e. The van der Waals surface area contributed by atoms with Crippen molar-refractivity contribution in [2.24, 2.45) is 0 Å². The highest BCUT2D eigenvalue weighted by Crippen LogP contribution is 2.32. The number of aromatic nitrogens is 1. The van der Waals surface area contributed by atoms with Crippen molar-refractivity contribution < 1.29 is 9.90 Å². The normalized spacial score (nSPS) is 10.9. The molecule has 22 heavy (non-hydrogen) atoms. The smallest absolute Gasteiger partial charge is 0.336 e. The zero-order chi connectivity index (χ0) is 15.9. The Bertz CT molecular complexity index is 903. The molecule has 1 heterocycles. The first kappa shape index (κ1) is 14.7. The Balaban J connectivity index is 2.43. The summed E-state index contributed by atoms with van der Waals surface area (Å²) >= 11 is 3.39. The predicted molar refractivity (Wildman–Crippen MR) is 91.3 cm³/mol. The van der Waals surface area contributed by atoms with E-state index in [0.717, 1.165) is 21.3 Å². The number of rotatable bonds is 2. The first-order valence-corrected chi connectivity index (χ1v) is 7.67.